The fourth-order valence-electron chi connectivity index (χ4n) is 0.936. The topological polar surface area (TPSA) is 81.4 Å². The third-order valence-electron chi connectivity index (χ3n) is 1.87. The van der Waals surface area contributed by atoms with Crippen molar-refractivity contribution in [2.45, 2.75) is 26.3 Å². The van der Waals surface area contributed by atoms with Gasteiger partial charge in [-0.15, -0.1) is 0 Å². The molecule has 0 saturated carbocycles. The molecular weight excluding hydrogens is 184 g/mol. The lowest BCUT2D eigenvalue weighted by atomic mass is 10.1. The zero-order valence-corrected chi connectivity index (χ0v) is 8.87. The van der Waals surface area contributed by atoms with Crippen LogP contribution in [0.2, 0.25) is 0 Å². The standard InChI is InChI=1S/C9H18N2O3/c1-6(5-10)4-8(12)11-7(2)9(13)14-3/h6-7H,4-5,10H2,1-3H3,(H,11,12)/t6?,7-/m0/s1. The van der Waals surface area contributed by atoms with Gasteiger partial charge in [0.05, 0.1) is 7.11 Å². The number of methoxy groups -OCH3 is 1. The van der Waals surface area contributed by atoms with Crippen molar-refractivity contribution in [3.05, 3.63) is 0 Å². The molecule has 5 heteroatoms. The highest BCUT2D eigenvalue weighted by Gasteiger charge is 2.16. The Balaban J connectivity index is 3.88. The number of rotatable bonds is 5. The lowest BCUT2D eigenvalue weighted by molar-refractivity contribution is -0.144. The van der Waals surface area contributed by atoms with Crippen molar-refractivity contribution in [2.75, 3.05) is 13.7 Å². The van der Waals surface area contributed by atoms with Crippen molar-refractivity contribution >= 4 is 11.9 Å². The van der Waals surface area contributed by atoms with Crippen LogP contribution in [0.4, 0.5) is 0 Å². The van der Waals surface area contributed by atoms with Crippen molar-refractivity contribution in [3.8, 4) is 0 Å². The van der Waals surface area contributed by atoms with Gasteiger partial charge in [-0.3, -0.25) is 4.79 Å². The molecule has 0 bridgehead atoms. The van der Waals surface area contributed by atoms with Crippen LogP contribution >= 0.6 is 0 Å². The highest BCUT2D eigenvalue weighted by molar-refractivity contribution is 5.84. The predicted molar refractivity (Wildman–Crippen MR) is 52.5 cm³/mol. The first-order chi connectivity index (χ1) is 6.51. The molecule has 14 heavy (non-hydrogen) atoms. The molecule has 0 fully saturated rings. The number of carbonyl (C=O) groups is 2. The Labute approximate surface area is 84.0 Å². The fraction of sp³-hybridized carbons (Fsp3) is 0.778. The molecule has 0 aromatic rings. The lowest BCUT2D eigenvalue weighted by Crippen LogP contribution is -2.40. The summed E-state index contributed by atoms with van der Waals surface area (Å²) in [5, 5.41) is 2.53. The van der Waals surface area contributed by atoms with Gasteiger partial charge in [-0.25, -0.2) is 4.79 Å². The summed E-state index contributed by atoms with van der Waals surface area (Å²) in [4.78, 5) is 22.2. The Bertz CT molecular complexity index is 206. The Kier molecular flexibility index (Phi) is 5.87. The molecule has 0 radical (unpaired) electrons. The third kappa shape index (κ3) is 4.81. The van der Waals surface area contributed by atoms with Gasteiger partial charge >= 0.3 is 5.97 Å². The molecule has 0 aliphatic rings. The monoisotopic (exact) mass is 202 g/mol. The second-order valence-corrected chi connectivity index (χ2v) is 3.36. The van der Waals surface area contributed by atoms with E-state index in [-0.39, 0.29) is 11.8 Å². The van der Waals surface area contributed by atoms with Crippen LogP contribution in [0.15, 0.2) is 0 Å². The molecule has 1 unspecified atom stereocenters. The van der Waals surface area contributed by atoms with Gasteiger partial charge in [0.15, 0.2) is 0 Å². The van der Waals surface area contributed by atoms with E-state index in [4.69, 9.17) is 5.73 Å². The van der Waals surface area contributed by atoms with Crippen molar-refractivity contribution in [3.63, 3.8) is 0 Å². The quantitative estimate of drug-likeness (QED) is 0.597. The maximum absolute atomic E-state index is 11.3. The maximum Gasteiger partial charge on any atom is 0.328 e. The van der Waals surface area contributed by atoms with Crippen LogP contribution in [0.25, 0.3) is 0 Å². The number of ether oxygens (including phenoxy) is 1. The minimum atomic E-state index is -0.600. The molecule has 0 rings (SSSR count). The summed E-state index contributed by atoms with van der Waals surface area (Å²) < 4.78 is 4.47. The Hall–Kier alpha value is -1.10. The molecule has 0 saturated heterocycles. The predicted octanol–water partition coefficient (Wildman–Crippen LogP) is -0.351. The summed E-state index contributed by atoms with van der Waals surface area (Å²) in [5.41, 5.74) is 5.37. The maximum atomic E-state index is 11.3. The number of nitrogens with one attached hydrogen (secondary N) is 1. The van der Waals surface area contributed by atoms with Gasteiger partial charge < -0.3 is 15.8 Å². The van der Waals surface area contributed by atoms with E-state index in [9.17, 15) is 9.59 Å². The van der Waals surface area contributed by atoms with Crippen LogP contribution in [0.3, 0.4) is 0 Å². The molecule has 0 spiro atoms. The molecule has 3 N–H and O–H groups in total. The van der Waals surface area contributed by atoms with Gasteiger partial charge in [0.25, 0.3) is 0 Å². The van der Waals surface area contributed by atoms with E-state index in [1.165, 1.54) is 7.11 Å². The van der Waals surface area contributed by atoms with Crippen molar-refractivity contribution in [2.24, 2.45) is 11.7 Å². The summed E-state index contributed by atoms with van der Waals surface area (Å²) in [7, 11) is 1.29. The van der Waals surface area contributed by atoms with E-state index < -0.39 is 12.0 Å². The molecule has 0 aromatic heterocycles. The van der Waals surface area contributed by atoms with Crippen LogP contribution in [-0.2, 0) is 14.3 Å². The number of amides is 1. The first-order valence-electron chi connectivity index (χ1n) is 4.58. The highest BCUT2D eigenvalue weighted by atomic mass is 16.5. The van der Waals surface area contributed by atoms with E-state index in [0.29, 0.717) is 13.0 Å². The Morgan fingerprint density at radius 3 is 2.43 bits per heavy atom. The summed E-state index contributed by atoms with van der Waals surface area (Å²) in [6.45, 7) is 3.92. The van der Waals surface area contributed by atoms with Gasteiger partial charge in [0, 0.05) is 6.42 Å². The Morgan fingerprint density at radius 1 is 1.43 bits per heavy atom. The molecule has 0 aliphatic heterocycles. The van der Waals surface area contributed by atoms with Crippen LogP contribution in [0.5, 0.6) is 0 Å². The fourth-order valence-corrected chi connectivity index (χ4v) is 0.936. The molecule has 1 amide bonds. The molecule has 0 heterocycles. The van der Waals surface area contributed by atoms with Gasteiger partial charge in [-0.1, -0.05) is 6.92 Å². The summed E-state index contributed by atoms with van der Waals surface area (Å²) in [6.07, 6.45) is 0.331. The highest BCUT2D eigenvalue weighted by Crippen LogP contribution is 1.99. The first-order valence-corrected chi connectivity index (χ1v) is 4.58. The summed E-state index contributed by atoms with van der Waals surface area (Å²) in [6, 6.07) is -0.600. The van der Waals surface area contributed by atoms with Gasteiger partial charge in [0.1, 0.15) is 6.04 Å². The minimum Gasteiger partial charge on any atom is -0.467 e. The number of hydrogen-bond donors (Lipinski definition) is 2. The molecule has 0 aliphatic carbocycles. The van der Waals surface area contributed by atoms with Crippen molar-refractivity contribution in [1.82, 2.24) is 5.32 Å². The van der Waals surface area contributed by atoms with E-state index in [2.05, 4.69) is 10.1 Å². The molecule has 5 nitrogen and oxygen atoms in total. The molecule has 82 valence electrons. The molecular formula is C9H18N2O3. The van der Waals surface area contributed by atoms with E-state index >= 15 is 0 Å². The largest absolute Gasteiger partial charge is 0.467 e. The number of carbonyl (C=O) groups excluding carboxylic acids is 2. The average molecular weight is 202 g/mol. The molecule has 2 atom stereocenters. The van der Waals surface area contributed by atoms with Crippen LogP contribution < -0.4 is 11.1 Å². The first kappa shape index (κ1) is 12.9. The number of hydrogen-bond acceptors (Lipinski definition) is 4. The zero-order chi connectivity index (χ0) is 11.1. The summed E-state index contributed by atoms with van der Waals surface area (Å²) in [5.74, 6) is -0.501. The van der Waals surface area contributed by atoms with Gasteiger partial charge in [-0.2, -0.15) is 0 Å². The van der Waals surface area contributed by atoms with E-state index in [1.807, 2.05) is 6.92 Å². The lowest BCUT2D eigenvalue weighted by Gasteiger charge is -2.13. The third-order valence-corrected chi connectivity index (χ3v) is 1.87. The summed E-state index contributed by atoms with van der Waals surface area (Å²) >= 11 is 0. The average Bonchev–Trinajstić information content (AvgIpc) is 2.15. The Morgan fingerprint density at radius 2 is 2.00 bits per heavy atom. The van der Waals surface area contributed by atoms with Crippen molar-refractivity contribution in [1.29, 1.82) is 0 Å². The van der Waals surface area contributed by atoms with E-state index in [1.54, 1.807) is 6.92 Å². The van der Waals surface area contributed by atoms with Crippen LogP contribution in [-0.4, -0.2) is 31.6 Å². The van der Waals surface area contributed by atoms with E-state index in [0.717, 1.165) is 0 Å². The van der Waals surface area contributed by atoms with Gasteiger partial charge in [-0.05, 0) is 19.4 Å². The van der Waals surface area contributed by atoms with Gasteiger partial charge in [0.2, 0.25) is 5.91 Å². The number of nitrogens with two attached hydrogens (primary N) is 1. The number of esters is 1. The minimum absolute atomic E-state index is 0.125. The zero-order valence-electron chi connectivity index (χ0n) is 8.87. The normalized spacial score (nSPS) is 14.3. The molecule has 0 aromatic carbocycles. The van der Waals surface area contributed by atoms with Crippen LogP contribution in [0, 0.1) is 5.92 Å². The SMILES string of the molecule is COC(=O)[C@H](C)NC(=O)CC(C)CN. The van der Waals surface area contributed by atoms with Crippen molar-refractivity contribution < 1.29 is 14.3 Å². The second-order valence-electron chi connectivity index (χ2n) is 3.36. The van der Waals surface area contributed by atoms with Crippen LogP contribution in [0.1, 0.15) is 20.3 Å². The second kappa shape index (κ2) is 6.37. The smallest absolute Gasteiger partial charge is 0.328 e.